The summed E-state index contributed by atoms with van der Waals surface area (Å²) >= 11 is 1.14. The Kier molecular flexibility index (Phi) is 4.64. The maximum Gasteiger partial charge on any atom is 0.350 e. The second kappa shape index (κ2) is 6.45. The molecule has 2 rings (SSSR count). The zero-order valence-corrected chi connectivity index (χ0v) is 12.4. The highest BCUT2D eigenvalue weighted by Crippen LogP contribution is 2.42. The minimum absolute atomic E-state index is 0.232. The van der Waals surface area contributed by atoms with E-state index in [-0.39, 0.29) is 16.4 Å². The number of carbonyl (C=O) groups excluding carboxylic acids is 1. The molecule has 1 heterocycles. The molecular weight excluding hydrogens is 295 g/mol. The van der Waals surface area contributed by atoms with Gasteiger partial charge in [0.15, 0.2) is 5.75 Å². The minimum Gasteiger partial charge on any atom is -0.492 e. The summed E-state index contributed by atoms with van der Waals surface area (Å²) in [5.41, 5.74) is 6.87. The van der Waals surface area contributed by atoms with Gasteiger partial charge in [0.25, 0.3) is 0 Å². The fraction of sp³-hybridized carbons (Fsp3) is 0.214. The van der Waals surface area contributed by atoms with Crippen molar-refractivity contribution in [2.24, 2.45) is 0 Å². The fourth-order valence-electron chi connectivity index (χ4n) is 1.82. The molecule has 0 atom stereocenters. The summed E-state index contributed by atoms with van der Waals surface area (Å²) in [4.78, 5) is 11.9. The Morgan fingerprint density at radius 2 is 2.19 bits per heavy atom. The molecule has 1 aromatic carbocycles. The van der Waals surface area contributed by atoms with Crippen LogP contribution in [0.4, 0.5) is 15.1 Å². The maximum atomic E-state index is 13.1. The van der Waals surface area contributed by atoms with Crippen LogP contribution in [0.3, 0.4) is 0 Å². The Balaban J connectivity index is 2.21. The third-order valence-electron chi connectivity index (χ3n) is 2.82. The summed E-state index contributed by atoms with van der Waals surface area (Å²) in [5, 5.41) is 3.68. The number of carbonyl (C=O) groups is 1. The Bertz CT molecular complexity index is 658. The maximum absolute atomic E-state index is 13.1. The summed E-state index contributed by atoms with van der Waals surface area (Å²) in [5.74, 6) is -0.436. The minimum atomic E-state index is -0.519. The summed E-state index contributed by atoms with van der Waals surface area (Å²) in [6.07, 6.45) is 0. The van der Waals surface area contributed by atoms with E-state index in [1.807, 2.05) is 0 Å². The van der Waals surface area contributed by atoms with E-state index in [2.05, 4.69) is 10.1 Å². The number of rotatable bonds is 5. The van der Waals surface area contributed by atoms with E-state index in [0.717, 1.165) is 16.9 Å². The molecule has 3 N–H and O–H groups in total. The lowest BCUT2D eigenvalue weighted by molar-refractivity contribution is 0.0607. The number of halogens is 1. The van der Waals surface area contributed by atoms with Crippen LogP contribution in [-0.2, 0) is 11.3 Å². The number of methoxy groups -OCH3 is 2. The zero-order chi connectivity index (χ0) is 15.4. The van der Waals surface area contributed by atoms with Crippen molar-refractivity contribution in [3.63, 3.8) is 0 Å². The molecule has 0 amide bonds. The third-order valence-corrected chi connectivity index (χ3v) is 3.94. The van der Waals surface area contributed by atoms with Crippen molar-refractivity contribution < 1.29 is 18.7 Å². The number of benzene rings is 1. The highest BCUT2D eigenvalue weighted by atomic mass is 32.1. The van der Waals surface area contributed by atoms with Crippen molar-refractivity contribution in [2.45, 2.75) is 6.54 Å². The number of nitrogen functional groups attached to an aromatic ring is 1. The van der Waals surface area contributed by atoms with E-state index in [0.29, 0.717) is 17.3 Å². The van der Waals surface area contributed by atoms with E-state index in [1.54, 1.807) is 12.1 Å². The van der Waals surface area contributed by atoms with E-state index >= 15 is 0 Å². The van der Waals surface area contributed by atoms with Crippen LogP contribution in [0.1, 0.15) is 15.2 Å². The van der Waals surface area contributed by atoms with Gasteiger partial charge < -0.3 is 20.5 Å². The Hall–Kier alpha value is -2.28. The standard InChI is InChI=1S/C14H15FN2O3S/c1-19-11-10(16)12(14(18)20-2)21-13(11)17-7-8-4-3-5-9(15)6-8/h3-6,17H,7,16H2,1-2H3. The van der Waals surface area contributed by atoms with Crippen LogP contribution in [0, 0.1) is 5.82 Å². The topological polar surface area (TPSA) is 73.6 Å². The van der Waals surface area contributed by atoms with Crippen molar-refractivity contribution in [1.82, 2.24) is 0 Å². The molecule has 0 saturated carbocycles. The lowest BCUT2D eigenvalue weighted by atomic mass is 10.2. The van der Waals surface area contributed by atoms with Crippen molar-refractivity contribution in [1.29, 1.82) is 0 Å². The summed E-state index contributed by atoms with van der Waals surface area (Å²) in [7, 11) is 2.75. The number of nitrogens with one attached hydrogen (secondary N) is 1. The molecule has 2 aromatic rings. The van der Waals surface area contributed by atoms with Crippen LogP contribution in [0.2, 0.25) is 0 Å². The average molecular weight is 310 g/mol. The van der Waals surface area contributed by atoms with Crippen LogP contribution in [-0.4, -0.2) is 20.2 Å². The van der Waals surface area contributed by atoms with Gasteiger partial charge in [0.05, 0.1) is 14.2 Å². The Morgan fingerprint density at radius 3 is 2.81 bits per heavy atom. The third kappa shape index (κ3) is 3.25. The molecule has 0 spiro atoms. The summed E-state index contributed by atoms with van der Waals surface area (Å²) in [6.45, 7) is 0.384. The molecule has 0 aliphatic rings. The van der Waals surface area contributed by atoms with Gasteiger partial charge in [-0.25, -0.2) is 9.18 Å². The van der Waals surface area contributed by atoms with Gasteiger partial charge in [-0.05, 0) is 17.7 Å². The molecule has 0 aliphatic carbocycles. The lowest BCUT2D eigenvalue weighted by Crippen LogP contribution is -2.02. The van der Waals surface area contributed by atoms with E-state index in [4.69, 9.17) is 10.5 Å². The first-order valence-corrected chi connectivity index (χ1v) is 6.91. The molecule has 21 heavy (non-hydrogen) atoms. The SMILES string of the molecule is COC(=O)c1sc(NCc2cccc(F)c2)c(OC)c1N. The second-order valence-corrected chi connectivity index (χ2v) is 5.20. The quantitative estimate of drug-likeness (QED) is 0.831. The van der Waals surface area contributed by atoms with Gasteiger partial charge in [0.2, 0.25) is 0 Å². The molecule has 5 nitrogen and oxygen atoms in total. The molecule has 0 radical (unpaired) electrons. The molecule has 0 bridgehead atoms. The molecule has 0 aliphatic heterocycles. The molecule has 7 heteroatoms. The molecule has 0 saturated heterocycles. The molecular formula is C14H15FN2O3S. The summed E-state index contributed by atoms with van der Waals surface area (Å²) in [6, 6.07) is 6.23. The van der Waals surface area contributed by atoms with E-state index < -0.39 is 5.97 Å². The largest absolute Gasteiger partial charge is 0.492 e. The van der Waals surface area contributed by atoms with Crippen LogP contribution < -0.4 is 15.8 Å². The monoisotopic (exact) mass is 310 g/mol. The fourth-order valence-corrected chi connectivity index (χ4v) is 2.83. The first-order chi connectivity index (χ1) is 10.1. The van der Waals surface area contributed by atoms with Crippen molar-refractivity contribution >= 4 is 28.0 Å². The highest BCUT2D eigenvalue weighted by Gasteiger charge is 2.22. The van der Waals surface area contributed by atoms with Gasteiger partial charge in [-0.2, -0.15) is 0 Å². The van der Waals surface area contributed by atoms with Gasteiger partial charge in [-0.3, -0.25) is 0 Å². The van der Waals surface area contributed by atoms with Crippen LogP contribution in [0.15, 0.2) is 24.3 Å². The van der Waals surface area contributed by atoms with E-state index in [9.17, 15) is 9.18 Å². The highest BCUT2D eigenvalue weighted by molar-refractivity contribution is 7.19. The summed E-state index contributed by atoms with van der Waals surface area (Å²) < 4.78 is 23.0. The average Bonchev–Trinajstić information content (AvgIpc) is 2.80. The van der Waals surface area contributed by atoms with Crippen LogP contribution in [0.5, 0.6) is 5.75 Å². The van der Waals surface area contributed by atoms with Crippen molar-refractivity contribution in [2.75, 3.05) is 25.3 Å². The zero-order valence-electron chi connectivity index (χ0n) is 11.6. The van der Waals surface area contributed by atoms with E-state index in [1.165, 1.54) is 26.4 Å². The first kappa shape index (κ1) is 15.1. The van der Waals surface area contributed by atoms with Crippen molar-refractivity contribution in [3.8, 4) is 5.75 Å². The predicted molar refractivity (Wildman–Crippen MR) is 80.3 cm³/mol. The van der Waals surface area contributed by atoms with Gasteiger partial charge in [0, 0.05) is 6.54 Å². The van der Waals surface area contributed by atoms with Gasteiger partial charge in [0.1, 0.15) is 21.4 Å². The predicted octanol–water partition coefficient (Wildman–Crippen LogP) is 2.88. The number of ether oxygens (including phenoxy) is 2. The smallest absolute Gasteiger partial charge is 0.350 e. The number of hydrogen-bond acceptors (Lipinski definition) is 6. The van der Waals surface area contributed by atoms with Gasteiger partial charge in [-0.15, -0.1) is 11.3 Å². The van der Waals surface area contributed by atoms with Crippen LogP contribution >= 0.6 is 11.3 Å². The second-order valence-electron chi connectivity index (χ2n) is 4.18. The molecule has 0 unspecified atom stereocenters. The number of thiophene rings is 1. The number of nitrogens with two attached hydrogens (primary N) is 1. The number of esters is 1. The Morgan fingerprint density at radius 1 is 1.43 bits per heavy atom. The molecule has 112 valence electrons. The number of hydrogen-bond donors (Lipinski definition) is 2. The first-order valence-electron chi connectivity index (χ1n) is 6.09. The molecule has 0 fully saturated rings. The normalized spacial score (nSPS) is 10.2. The Labute approximate surface area is 125 Å². The van der Waals surface area contributed by atoms with Crippen molar-refractivity contribution in [3.05, 3.63) is 40.5 Å². The number of anilines is 2. The van der Waals surface area contributed by atoms with Gasteiger partial charge in [-0.1, -0.05) is 12.1 Å². The molecule has 1 aromatic heterocycles. The van der Waals surface area contributed by atoms with Crippen LogP contribution in [0.25, 0.3) is 0 Å². The lowest BCUT2D eigenvalue weighted by Gasteiger charge is -2.07. The van der Waals surface area contributed by atoms with Gasteiger partial charge >= 0.3 is 5.97 Å².